The number of para-hydroxylation sites is 1. The van der Waals surface area contributed by atoms with E-state index in [-0.39, 0.29) is 23.4 Å². The first-order valence-corrected chi connectivity index (χ1v) is 15.1. The molecule has 2 N–H and O–H groups in total. The summed E-state index contributed by atoms with van der Waals surface area (Å²) >= 11 is 0. The average molecular weight is 577 g/mol. The van der Waals surface area contributed by atoms with Crippen molar-refractivity contribution >= 4 is 22.7 Å². The molecule has 44 heavy (non-hydrogen) atoms. The highest BCUT2D eigenvalue weighted by molar-refractivity contribution is 6.08. The minimum absolute atomic E-state index is 0.0177. The van der Waals surface area contributed by atoms with E-state index in [4.69, 9.17) is 5.73 Å². The molecule has 4 heteroatoms. The molecular weight excluding hydrogens is 543 g/mol. The summed E-state index contributed by atoms with van der Waals surface area (Å²) in [6.45, 7) is 1.95. The van der Waals surface area contributed by atoms with Gasteiger partial charge in [-0.3, -0.25) is 4.79 Å². The van der Waals surface area contributed by atoms with Crippen molar-refractivity contribution in [2.24, 2.45) is 17.6 Å². The summed E-state index contributed by atoms with van der Waals surface area (Å²) in [5.41, 5.74) is 15.5. The Hall–Kier alpha value is -5.22. The van der Waals surface area contributed by atoms with E-state index < -0.39 is 0 Å². The number of hydrogen-bond donors (Lipinski definition) is 1. The minimum Gasteiger partial charge on any atom is -0.401 e. The lowest BCUT2D eigenvalue weighted by Crippen LogP contribution is -2.36. The van der Waals surface area contributed by atoms with Crippen LogP contribution in [0.1, 0.15) is 25.3 Å². The Bertz CT molecular complexity index is 1900. The first-order valence-electron chi connectivity index (χ1n) is 15.1. The number of nitrogens with two attached hydrogens (primary N) is 1. The van der Waals surface area contributed by atoms with Crippen molar-refractivity contribution in [1.82, 2.24) is 0 Å². The fourth-order valence-corrected chi connectivity index (χ4v) is 6.80. The molecule has 0 heterocycles. The van der Waals surface area contributed by atoms with Crippen LogP contribution in [-0.4, -0.2) is 5.78 Å². The molecule has 0 saturated heterocycles. The summed E-state index contributed by atoms with van der Waals surface area (Å²) in [6.07, 6.45) is 21.8. The SMILES string of the molecule is C/C=C\C1=C2C(=O)C=CC3C(N)=CC(N(c4ccccc4)c4c(F)cc(C5=CCCC=C5)cc4-c4ccccc4)=C(C=C1)C23. The van der Waals surface area contributed by atoms with E-state index in [1.807, 2.05) is 103 Å². The number of benzene rings is 3. The quantitative estimate of drug-likeness (QED) is 0.318. The van der Waals surface area contributed by atoms with E-state index in [9.17, 15) is 4.79 Å². The summed E-state index contributed by atoms with van der Waals surface area (Å²) in [5.74, 6) is -0.780. The molecule has 0 radical (unpaired) electrons. The van der Waals surface area contributed by atoms with Crippen molar-refractivity contribution in [3.8, 4) is 11.1 Å². The molecule has 4 aliphatic carbocycles. The number of rotatable bonds is 6. The molecule has 3 nitrogen and oxygen atoms in total. The monoisotopic (exact) mass is 576 g/mol. The third kappa shape index (κ3) is 4.73. The fourth-order valence-electron chi connectivity index (χ4n) is 6.80. The maximum Gasteiger partial charge on any atom is 0.182 e. The van der Waals surface area contributed by atoms with Crippen LogP contribution in [0.2, 0.25) is 0 Å². The van der Waals surface area contributed by atoms with Crippen molar-refractivity contribution in [2.75, 3.05) is 4.90 Å². The lowest BCUT2D eigenvalue weighted by Gasteiger charge is -2.41. The normalized spacial score (nSPS) is 20.6. The van der Waals surface area contributed by atoms with Crippen molar-refractivity contribution < 1.29 is 9.18 Å². The van der Waals surface area contributed by atoms with Crippen LogP contribution in [-0.2, 0) is 4.79 Å². The molecular formula is C40H33FN2O. The van der Waals surface area contributed by atoms with Gasteiger partial charge in [0.1, 0.15) is 5.82 Å². The smallest absolute Gasteiger partial charge is 0.182 e. The lowest BCUT2D eigenvalue weighted by molar-refractivity contribution is -0.112. The van der Waals surface area contributed by atoms with Crippen LogP contribution in [0, 0.1) is 17.7 Å². The standard InChI is InChI=1S/C40H33FN2O/c1-2-12-28-19-20-32-36(25-35(42)31-21-22-37(44)38(28)39(31)32)43(30-17-10-5-11-18-30)40-33(27-15-8-4-9-16-27)23-29(24-34(40)41)26-13-6-3-7-14-26/h2,4-6,8-25,31,39H,3,7,42H2,1H3/b12-2-. The van der Waals surface area contributed by atoms with Gasteiger partial charge < -0.3 is 10.6 Å². The van der Waals surface area contributed by atoms with E-state index in [1.54, 1.807) is 12.1 Å². The van der Waals surface area contributed by atoms with Crippen LogP contribution in [0.5, 0.6) is 0 Å². The van der Waals surface area contributed by atoms with Crippen molar-refractivity contribution in [3.63, 3.8) is 0 Å². The number of carbonyl (C=O) groups excluding carboxylic acids is 1. The number of hydrogen-bond acceptors (Lipinski definition) is 3. The van der Waals surface area contributed by atoms with Gasteiger partial charge in [-0.15, -0.1) is 0 Å². The van der Waals surface area contributed by atoms with E-state index >= 15 is 4.39 Å². The Morgan fingerprint density at radius 1 is 0.909 bits per heavy atom. The summed E-state index contributed by atoms with van der Waals surface area (Å²) in [7, 11) is 0. The Balaban J connectivity index is 1.52. The van der Waals surface area contributed by atoms with Crippen LogP contribution < -0.4 is 10.6 Å². The topological polar surface area (TPSA) is 46.3 Å². The zero-order valence-electron chi connectivity index (χ0n) is 24.6. The van der Waals surface area contributed by atoms with Crippen molar-refractivity contribution in [1.29, 1.82) is 0 Å². The highest BCUT2D eigenvalue weighted by Gasteiger charge is 2.41. The van der Waals surface area contributed by atoms with Crippen LogP contribution in [0.4, 0.5) is 15.8 Å². The number of carbonyl (C=O) groups is 1. The third-order valence-electron chi connectivity index (χ3n) is 8.76. The maximum absolute atomic E-state index is 16.9. The van der Waals surface area contributed by atoms with Gasteiger partial charge in [-0.05, 0) is 84.0 Å². The molecule has 4 aliphatic rings. The molecule has 0 aromatic heterocycles. The maximum atomic E-state index is 16.9. The molecule has 7 rings (SSSR count). The van der Waals surface area contributed by atoms with Gasteiger partial charge in [-0.2, -0.15) is 0 Å². The number of ketones is 1. The zero-order chi connectivity index (χ0) is 30.2. The Kier molecular flexibility index (Phi) is 7.19. The van der Waals surface area contributed by atoms with Crippen LogP contribution in [0.15, 0.2) is 162 Å². The first kappa shape index (κ1) is 27.6. The lowest BCUT2D eigenvalue weighted by atomic mass is 9.67. The third-order valence-corrected chi connectivity index (χ3v) is 8.76. The van der Waals surface area contributed by atoms with Gasteiger partial charge in [0.25, 0.3) is 0 Å². The predicted octanol–water partition coefficient (Wildman–Crippen LogP) is 9.29. The van der Waals surface area contributed by atoms with E-state index in [1.165, 1.54) is 0 Å². The largest absolute Gasteiger partial charge is 0.401 e. The number of nitrogens with zero attached hydrogens (tertiary/aromatic N) is 1. The van der Waals surface area contributed by atoms with Crippen molar-refractivity contribution in [2.45, 2.75) is 19.8 Å². The van der Waals surface area contributed by atoms with Crippen LogP contribution >= 0.6 is 0 Å². The molecule has 2 unspecified atom stereocenters. The molecule has 0 bridgehead atoms. The Morgan fingerprint density at radius 2 is 1.68 bits per heavy atom. The summed E-state index contributed by atoms with van der Waals surface area (Å²) in [5, 5.41) is 0. The number of allylic oxidation sites excluding steroid dienone is 14. The van der Waals surface area contributed by atoms with Crippen LogP contribution in [0.3, 0.4) is 0 Å². The second kappa shape index (κ2) is 11.5. The first-order chi connectivity index (χ1) is 21.5. The van der Waals surface area contributed by atoms with Gasteiger partial charge in [0, 0.05) is 34.4 Å². The zero-order valence-corrected chi connectivity index (χ0v) is 24.6. The average Bonchev–Trinajstić information content (AvgIpc) is 3.06. The number of halogens is 1. The predicted molar refractivity (Wildman–Crippen MR) is 178 cm³/mol. The fraction of sp³-hybridized carbons (Fsp3) is 0.125. The van der Waals surface area contributed by atoms with Gasteiger partial charge in [-0.1, -0.05) is 97.1 Å². The summed E-state index contributed by atoms with van der Waals surface area (Å²) in [4.78, 5) is 15.4. The van der Waals surface area contributed by atoms with E-state index in [0.717, 1.165) is 63.2 Å². The van der Waals surface area contributed by atoms with Gasteiger partial charge in [0.2, 0.25) is 0 Å². The molecule has 3 aromatic carbocycles. The molecule has 2 atom stereocenters. The Labute approximate surface area is 257 Å². The minimum atomic E-state index is -0.336. The van der Waals surface area contributed by atoms with Crippen molar-refractivity contribution in [3.05, 3.63) is 173 Å². The van der Waals surface area contributed by atoms with Gasteiger partial charge in [-0.25, -0.2) is 4.39 Å². The molecule has 0 fully saturated rings. The highest BCUT2D eigenvalue weighted by Crippen LogP contribution is 2.50. The number of anilines is 2. The second-order valence-electron chi connectivity index (χ2n) is 11.4. The summed E-state index contributed by atoms with van der Waals surface area (Å²) < 4.78 is 16.9. The molecule has 0 saturated carbocycles. The molecule has 0 amide bonds. The summed E-state index contributed by atoms with van der Waals surface area (Å²) in [6, 6.07) is 23.5. The van der Waals surface area contributed by atoms with E-state index in [0.29, 0.717) is 11.4 Å². The second-order valence-corrected chi connectivity index (χ2v) is 11.4. The highest BCUT2D eigenvalue weighted by atomic mass is 19.1. The molecule has 216 valence electrons. The molecule has 0 aliphatic heterocycles. The van der Waals surface area contributed by atoms with E-state index in [2.05, 4.69) is 30.4 Å². The van der Waals surface area contributed by atoms with Gasteiger partial charge in [0.15, 0.2) is 5.78 Å². The van der Waals surface area contributed by atoms with Gasteiger partial charge in [0.05, 0.1) is 11.4 Å². The van der Waals surface area contributed by atoms with Gasteiger partial charge >= 0.3 is 0 Å². The Morgan fingerprint density at radius 3 is 2.41 bits per heavy atom. The molecule has 0 spiro atoms. The van der Waals surface area contributed by atoms with Crippen LogP contribution in [0.25, 0.3) is 16.7 Å². The molecule has 3 aromatic rings.